The molecular weight excluding hydrogens is 362 g/mol. The second-order valence-corrected chi connectivity index (χ2v) is 11.0. The van der Waals surface area contributed by atoms with Gasteiger partial charge in [0.05, 0.1) is 5.41 Å². The van der Waals surface area contributed by atoms with E-state index in [9.17, 15) is 9.70 Å². The van der Waals surface area contributed by atoms with E-state index in [0.29, 0.717) is 17.8 Å². The van der Waals surface area contributed by atoms with Gasteiger partial charge in [-0.1, -0.05) is 30.3 Å². The van der Waals surface area contributed by atoms with Crippen molar-refractivity contribution < 1.29 is 9.53 Å². The average Bonchev–Trinajstić information content (AvgIpc) is 2.98. The number of carbonyl (C=O) groups is 1. The number of rotatable bonds is 2. The van der Waals surface area contributed by atoms with Crippen molar-refractivity contribution in [3.8, 4) is 0 Å². The zero-order chi connectivity index (χ0) is 20.4. The van der Waals surface area contributed by atoms with Gasteiger partial charge in [0.15, 0.2) is 0 Å². The molecule has 4 nitrogen and oxygen atoms in total. The van der Waals surface area contributed by atoms with Crippen molar-refractivity contribution in [1.29, 1.82) is 0 Å². The van der Waals surface area contributed by atoms with Gasteiger partial charge in [-0.25, -0.2) is 0 Å². The first-order chi connectivity index (χ1) is 13.8. The Balaban J connectivity index is 1.44. The van der Waals surface area contributed by atoms with E-state index in [1.54, 1.807) is 0 Å². The highest BCUT2D eigenvalue weighted by molar-refractivity contribution is 5.77. The highest BCUT2D eigenvalue weighted by Gasteiger charge is 2.65. The molecule has 0 radical (unpaired) electrons. The maximum absolute atomic E-state index is 12.8. The van der Waals surface area contributed by atoms with E-state index < -0.39 is 0 Å². The third kappa shape index (κ3) is 2.67. The average molecular weight is 396 g/mol. The number of fused-ring (bicyclic) bond motifs is 6. The fourth-order valence-corrected chi connectivity index (χ4v) is 7.46. The molecule has 29 heavy (non-hydrogen) atoms. The zero-order valence-electron chi connectivity index (χ0n) is 18.0. The quantitative estimate of drug-likeness (QED) is 0.462. The predicted octanol–water partition coefficient (Wildman–Crippen LogP) is 5.91. The Hall–Kier alpha value is -1.71. The Morgan fingerprint density at radius 2 is 1.90 bits per heavy atom. The first-order valence-electron chi connectivity index (χ1n) is 11.4. The molecule has 5 rings (SSSR count). The molecule has 0 amide bonds. The molecule has 0 bridgehead atoms. The van der Waals surface area contributed by atoms with E-state index in [1.807, 2.05) is 13.8 Å². The summed E-state index contributed by atoms with van der Waals surface area (Å²) in [5, 5.41) is 3.06. The molecule has 0 aromatic heterocycles. The van der Waals surface area contributed by atoms with Crippen LogP contribution in [0, 0.1) is 27.6 Å². The van der Waals surface area contributed by atoms with Crippen LogP contribution in [0.25, 0.3) is 0 Å². The van der Waals surface area contributed by atoms with Gasteiger partial charge in [-0.05, 0) is 99.7 Å². The monoisotopic (exact) mass is 395 g/mol. The van der Waals surface area contributed by atoms with Crippen LogP contribution in [-0.4, -0.2) is 11.6 Å². The highest BCUT2D eigenvalue weighted by Crippen LogP contribution is 2.67. The van der Waals surface area contributed by atoms with Gasteiger partial charge in [0.2, 0.25) is 0 Å². The van der Waals surface area contributed by atoms with E-state index in [4.69, 9.17) is 4.74 Å². The maximum atomic E-state index is 12.8. The predicted molar refractivity (Wildman–Crippen MR) is 112 cm³/mol. The lowest BCUT2D eigenvalue weighted by Crippen LogP contribution is -2.56. The number of hydrogen-bond acceptors (Lipinski definition) is 4. The van der Waals surface area contributed by atoms with Crippen molar-refractivity contribution in [2.24, 2.45) is 27.8 Å². The molecular formula is C25H33NO3. The normalized spacial score (nSPS) is 40.0. The summed E-state index contributed by atoms with van der Waals surface area (Å²) < 4.78 is 6.34. The molecule has 1 heterocycles. The summed E-state index contributed by atoms with van der Waals surface area (Å²) in [5.74, 6) is 1.95. The molecule has 156 valence electrons. The molecule has 1 aromatic carbocycles. The third-order valence-electron chi connectivity index (χ3n) is 9.32. The summed E-state index contributed by atoms with van der Waals surface area (Å²) >= 11 is 0. The second-order valence-electron chi connectivity index (χ2n) is 11.0. The Morgan fingerprint density at radius 1 is 1.07 bits per heavy atom. The van der Waals surface area contributed by atoms with Crippen LogP contribution in [-0.2, 0) is 22.5 Å². The van der Waals surface area contributed by atoms with E-state index in [0.717, 1.165) is 37.7 Å². The Bertz CT molecular complexity index is 862. The molecule has 2 saturated carbocycles. The molecule has 5 atom stereocenters. The van der Waals surface area contributed by atoms with E-state index in [1.165, 1.54) is 30.4 Å². The molecule has 1 aromatic rings. The van der Waals surface area contributed by atoms with Gasteiger partial charge in [-0.3, -0.25) is 4.79 Å². The number of nitrogens with zero attached hydrogens (tertiary/aromatic N) is 1. The lowest BCUT2D eigenvalue weighted by molar-refractivity contribution is -0.206. The van der Waals surface area contributed by atoms with Crippen LogP contribution in [0.2, 0.25) is 0 Å². The molecule has 0 N–H and O–H groups in total. The fourth-order valence-electron chi connectivity index (χ4n) is 7.46. The molecule has 4 heteroatoms. The molecule has 4 aliphatic rings. The van der Waals surface area contributed by atoms with Crippen LogP contribution in [0.5, 0.6) is 0 Å². The van der Waals surface area contributed by atoms with Crippen LogP contribution >= 0.6 is 0 Å². The summed E-state index contributed by atoms with van der Waals surface area (Å²) in [7, 11) is 0. The fraction of sp³-hybridized carbons (Fsp3) is 0.720. The third-order valence-corrected chi connectivity index (χ3v) is 9.32. The number of carbonyl (C=O) groups excluding carboxylic acids is 1. The van der Waals surface area contributed by atoms with Crippen molar-refractivity contribution in [2.45, 2.75) is 90.2 Å². The minimum Gasteiger partial charge on any atom is -0.458 e. The first-order valence-corrected chi connectivity index (χ1v) is 11.4. The molecule has 3 fully saturated rings. The molecule has 1 spiro atoms. The van der Waals surface area contributed by atoms with Crippen molar-refractivity contribution in [3.05, 3.63) is 39.8 Å². The van der Waals surface area contributed by atoms with Gasteiger partial charge in [-0.2, -0.15) is 4.91 Å². The first kappa shape index (κ1) is 19.3. The van der Waals surface area contributed by atoms with Crippen molar-refractivity contribution in [3.63, 3.8) is 0 Å². The summed E-state index contributed by atoms with van der Waals surface area (Å²) in [4.78, 5) is 23.4. The van der Waals surface area contributed by atoms with Gasteiger partial charge in [0.1, 0.15) is 12.1 Å². The molecule has 1 aliphatic heterocycles. The minimum atomic E-state index is -0.339. The number of ether oxygens (including phenoxy) is 1. The lowest BCUT2D eigenvalue weighted by Gasteiger charge is -2.56. The number of hydrogen-bond donors (Lipinski definition) is 0. The van der Waals surface area contributed by atoms with E-state index >= 15 is 0 Å². The van der Waals surface area contributed by atoms with Crippen molar-refractivity contribution >= 4 is 5.97 Å². The number of benzene rings is 1. The Morgan fingerprint density at radius 3 is 2.66 bits per heavy atom. The van der Waals surface area contributed by atoms with Crippen molar-refractivity contribution in [1.82, 2.24) is 0 Å². The SMILES string of the molecule is CC1(C)CC[C@@]2(CCC3C4CCc5cc(CN=O)ccc5C4CCC32C)OC1=O. The summed E-state index contributed by atoms with van der Waals surface area (Å²) in [6, 6.07) is 6.57. The summed E-state index contributed by atoms with van der Waals surface area (Å²) in [6.45, 7) is 6.76. The maximum Gasteiger partial charge on any atom is 0.312 e. The topological polar surface area (TPSA) is 55.7 Å². The van der Waals surface area contributed by atoms with Gasteiger partial charge in [0, 0.05) is 5.41 Å². The Labute approximate surface area is 173 Å². The lowest BCUT2D eigenvalue weighted by atomic mass is 9.52. The summed E-state index contributed by atoms with van der Waals surface area (Å²) in [5.41, 5.74) is 3.49. The number of nitroso groups, excluding NO2 is 1. The Kier molecular flexibility index (Phi) is 4.25. The van der Waals surface area contributed by atoms with Crippen LogP contribution in [0.15, 0.2) is 23.4 Å². The molecule has 4 unspecified atom stereocenters. The smallest absolute Gasteiger partial charge is 0.312 e. The highest BCUT2D eigenvalue weighted by atomic mass is 16.6. The van der Waals surface area contributed by atoms with Gasteiger partial charge < -0.3 is 4.74 Å². The van der Waals surface area contributed by atoms with E-state index in [-0.39, 0.29) is 28.9 Å². The molecule has 3 aliphatic carbocycles. The summed E-state index contributed by atoms with van der Waals surface area (Å²) in [6.07, 6.45) is 8.82. The van der Waals surface area contributed by atoms with Crippen LogP contribution in [0.1, 0.15) is 88.3 Å². The number of aryl methyl sites for hydroxylation is 1. The van der Waals surface area contributed by atoms with Crippen molar-refractivity contribution in [2.75, 3.05) is 0 Å². The van der Waals surface area contributed by atoms with Crippen LogP contribution < -0.4 is 0 Å². The zero-order valence-corrected chi connectivity index (χ0v) is 18.0. The van der Waals surface area contributed by atoms with Crippen LogP contribution in [0.3, 0.4) is 0 Å². The standard InChI is InChI=1S/C25H33NO3/c1-23(2)12-13-25(29-22(23)27)11-9-21-20-7-5-17-14-16(15-26-28)4-6-18(17)19(20)8-10-24(21,25)3/h4,6,14,19-21H,5,7-13,15H2,1-3H3/t19?,20?,21?,24?,25-/m1/s1. The minimum absolute atomic E-state index is 0.0121. The van der Waals surface area contributed by atoms with Gasteiger partial charge >= 0.3 is 5.97 Å². The van der Waals surface area contributed by atoms with Gasteiger partial charge in [0.25, 0.3) is 0 Å². The number of esters is 1. The van der Waals surface area contributed by atoms with Gasteiger partial charge in [-0.15, -0.1) is 0 Å². The van der Waals surface area contributed by atoms with Crippen LogP contribution in [0.4, 0.5) is 0 Å². The van der Waals surface area contributed by atoms with E-state index in [2.05, 4.69) is 30.3 Å². The molecule has 1 saturated heterocycles. The largest absolute Gasteiger partial charge is 0.458 e. The second kappa shape index (κ2) is 6.39.